The maximum atomic E-state index is 13.3. The van der Waals surface area contributed by atoms with Gasteiger partial charge in [-0.25, -0.2) is 13.2 Å². The van der Waals surface area contributed by atoms with Gasteiger partial charge >= 0.3 is 0 Å². The van der Waals surface area contributed by atoms with Gasteiger partial charge in [-0.1, -0.05) is 37.6 Å². The standard InChI is InChI=1S/C22H23F3O/c1-2-3-16-8-11-21(26-14-16)18-9-6-15(7-10-18)4-5-17-12-19(23)22(25)20(24)13-17/h6-7,9-10,12-14,21H,2-5,8,11H2,1H3. The van der Waals surface area contributed by atoms with Gasteiger partial charge in [-0.2, -0.15) is 0 Å². The van der Waals surface area contributed by atoms with Gasteiger partial charge in [0.25, 0.3) is 0 Å². The summed E-state index contributed by atoms with van der Waals surface area (Å²) in [5.74, 6) is -3.69. The molecule has 0 saturated carbocycles. The third-order valence-electron chi connectivity index (χ3n) is 4.80. The molecule has 0 aromatic heterocycles. The van der Waals surface area contributed by atoms with Crippen LogP contribution >= 0.6 is 0 Å². The van der Waals surface area contributed by atoms with Crippen LogP contribution in [-0.2, 0) is 17.6 Å². The van der Waals surface area contributed by atoms with E-state index in [9.17, 15) is 13.2 Å². The van der Waals surface area contributed by atoms with E-state index < -0.39 is 17.5 Å². The van der Waals surface area contributed by atoms with E-state index in [0.717, 1.165) is 48.9 Å². The van der Waals surface area contributed by atoms with Crippen LogP contribution in [0.25, 0.3) is 0 Å². The van der Waals surface area contributed by atoms with Crippen LogP contribution < -0.4 is 0 Å². The summed E-state index contributed by atoms with van der Waals surface area (Å²) in [6.07, 6.45) is 7.37. The molecule has 2 aromatic carbocycles. The fraction of sp³-hybridized carbons (Fsp3) is 0.364. The fourth-order valence-electron chi connectivity index (χ4n) is 3.31. The Morgan fingerprint density at radius 3 is 2.15 bits per heavy atom. The molecular weight excluding hydrogens is 337 g/mol. The molecule has 1 heterocycles. The quantitative estimate of drug-likeness (QED) is 0.540. The molecule has 4 heteroatoms. The number of allylic oxidation sites excluding steroid dienone is 1. The minimum Gasteiger partial charge on any atom is -0.493 e. The van der Waals surface area contributed by atoms with E-state index in [1.807, 2.05) is 30.5 Å². The molecule has 0 N–H and O–H groups in total. The molecule has 0 saturated heterocycles. The van der Waals surface area contributed by atoms with Gasteiger partial charge in [-0.05, 0) is 66.5 Å². The highest BCUT2D eigenvalue weighted by Gasteiger charge is 2.17. The van der Waals surface area contributed by atoms with Gasteiger partial charge in [0, 0.05) is 0 Å². The summed E-state index contributed by atoms with van der Waals surface area (Å²) in [4.78, 5) is 0. The van der Waals surface area contributed by atoms with Crippen LogP contribution in [0.1, 0.15) is 55.4 Å². The van der Waals surface area contributed by atoms with E-state index in [2.05, 4.69) is 6.92 Å². The average molecular weight is 360 g/mol. The third-order valence-corrected chi connectivity index (χ3v) is 4.80. The van der Waals surface area contributed by atoms with Crippen LogP contribution in [0.4, 0.5) is 13.2 Å². The summed E-state index contributed by atoms with van der Waals surface area (Å²) in [6.45, 7) is 2.17. The lowest BCUT2D eigenvalue weighted by atomic mass is 9.96. The highest BCUT2D eigenvalue weighted by Crippen LogP contribution is 2.31. The molecule has 138 valence electrons. The third kappa shape index (κ3) is 4.48. The van der Waals surface area contributed by atoms with Gasteiger partial charge in [-0.15, -0.1) is 0 Å². The van der Waals surface area contributed by atoms with Crippen LogP contribution in [0, 0.1) is 17.5 Å². The number of halogens is 3. The maximum Gasteiger partial charge on any atom is 0.194 e. The molecule has 0 aliphatic carbocycles. The number of rotatable bonds is 6. The zero-order valence-electron chi connectivity index (χ0n) is 14.9. The van der Waals surface area contributed by atoms with E-state index >= 15 is 0 Å². The molecule has 0 radical (unpaired) electrons. The molecule has 0 fully saturated rings. The van der Waals surface area contributed by atoms with Crippen molar-refractivity contribution in [3.8, 4) is 0 Å². The summed E-state index contributed by atoms with van der Waals surface area (Å²) >= 11 is 0. The van der Waals surface area contributed by atoms with E-state index in [1.165, 1.54) is 5.57 Å². The molecule has 3 rings (SSSR count). The lowest BCUT2D eigenvalue weighted by Crippen LogP contribution is -2.07. The van der Waals surface area contributed by atoms with Crippen LogP contribution in [0.3, 0.4) is 0 Å². The molecule has 0 amide bonds. The van der Waals surface area contributed by atoms with Gasteiger partial charge in [-0.3, -0.25) is 0 Å². The van der Waals surface area contributed by atoms with E-state index in [0.29, 0.717) is 18.4 Å². The largest absolute Gasteiger partial charge is 0.493 e. The normalized spacial score (nSPS) is 16.9. The first-order chi connectivity index (χ1) is 12.6. The van der Waals surface area contributed by atoms with Crippen molar-refractivity contribution in [1.29, 1.82) is 0 Å². The van der Waals surface area contributed by atoms with Crippen molar-refractivity contribution in [3.63, 3.8) is 0 Å². The Bertz CT molecular complexity index is 757. The Balaban J connectivity index is 1.58. The minimum absolute atomic E-state index is 0.0879. The second-order valence-corrected chi connectivity index (χ2v) is 6.80. The van der Waals surface area contributed by atoms with E-state index in [4.69, 9.17) is 4.74 Å². The molecule has 1 atom stereocenters. The van der Waals surface area contributed by atoms with E-state index in [1.54, 1.807) is 0 Å². The smallest absolute Gasteiger partial charge is 0.194 e. The SMILES string of the molecule is CCCC1=COC(c2ccc(CCc3cc(F)c(F)c(F)c3)cc2)CC1. The second-order valence-electron chi connectivity index (χ2n) is 6.80. The monoisotopic (exact) mass is 360 g/mol. The number of hydrogen-bond donors (Lipinski definition) is 0. The molecule has 1 aliphatic rings. The molecule has 26 heavy (non-hydrogen) atoms. The van der Waals surface area contributed by atoms with Crippen molar-refractivity contribution in [3.05, 3.63) is 82.4 Å². The van der Waals surface area contributed by atoms with Crippen molar-refractivity contribution in [2.24, 2.45) is 0 Å². The predicted molar refractivity (Wildman–Crippen MR) is 96.2 cm³/mol. The molecule has 0 spiro atoms. The average Bonchev–Trinajstić information content (AvgIpc) is 2.66. The lowest BCUT2D eigenvalue weighted by Gasteiger charge is -2.23. The van der Waals surface area contributed by atoms with Crippen molar-refractivity contribution >= 4 is 0 Å². The number of ether oxygens (including phenoxy) is 1. The zero-order valence-corrected chi connectivity index (χ0v) is 14.9. The first-order valence-electron chi connectivity index (χ1n) is 9.12. The Kier molecular flexibility index (Phi) is 6.02. The Labute approximate surface area is 152 Å². The van der Waals surface area contributed by atoms with Crippen LogP contribution in [0.5, 0.6) is 0 Å². The number of benzene rings is 2. The van der Waals surface area contributed by atoms with Crippen LogP contribution in [0.2, 0.25) is 0 Å². The first-order valence-corrected chi connectivity index (χ1v) is 9.12. The lowest BCUT2D eigenvalue weighted by molar-refractivity contribution is 0.119. The number of hydrogen-bond acceptors (Lipinski definition) is 1. The maximum absolute atomic E-state index is 13.3. The molecule has 1 nitrogen and oxygen atoms in total. The molecule has 0 bridgehead atoms. The van der Waals surface area contributed by atoms with Gasteiger partial charge < -0.3 is 4.74 Å². The summed E-state index contributed by atoms with van der Waals surface area (Å²) in [5, 5.41) is 0. The minimum atomic E-state index is -1.42. The van der Waals surface area contributed by atoms with E-state index in [-0.39, 0.29) is 6.10 Å². The first kappa shape index (κ1) is 18.6. The van der Waals surface area contributed by atoms with Gasteiger partial charge in [0.05, 0.1) is 6.26 Å². The summed E-state index contributed by atoms with van der Waals surface area (Å²) in [5.41, 5.74) is 4.03. The summed E-state index contributed by atoms with van der Waals surface area (Å²) < 4.78 is 45.4. The van der Waals surface area contributed by atoms with Crippen molar-refractivity contribution in [2.45, 2.75) is 51.6 Å². The number of aryl methyl sites for hydroxylation is 2. The van der Waals surface area contributed by atoms with Crippen molar-refractivity contribution in [2.75, 3.05) is 0 Å². The highest BCUT2D eigenvalue weighted by molar-refractivity contribution is 5.27. The molecule has 1 unspecified atom stereocenters. The van der Waals surface area contributed by atoms with Crippen LogP contribution in [-0.4, -0.2) is 0 Å². The zero-order chi connectivity index (χ0) is 18.5. The predicted octanol–water partition coefficient (Wildman–Crippen LogP) is 6.42. The highest BCUT2D eigenvalue weighted by atomic mass is 19.2. The van der Waals surface area contributed by atoms with Gasteiger partial charge in [0.1, 0.15) is 6.10 Å². The summed E-state index contributed by atoms with van der Waals surface area (Å²) in [6, 6.07) is 10.2. The van der Waals surface area contributed by atoms with Gasteiger partial charge in [0.2, 0.25) is 0 Å². The molecular formula is C22H23F3O. The Morgan fingerprint density at radius 2 is 1.58 bits per heavy atom. The molecule has 2 aromatic rings. The second kappa shape index (κ2) is 8.43. The Hall–Kier alpha value is -2.23. The summed E-state index contributed by atoms with van der Waals surface area (Å²) in [7, 11) is 0. The molecule has 1 aliphatic heterocycles. The Morgan fingerprint density at radius 1 is 0.923 bits per heavy atom. The topological polar surface area (TPSA) is 9.23 Å². The fourth-order valence-corrected chi connectivity index (χ4v) is 3.31. The van der Waals surface area contributed by atoms with Gasteiger partial charge in [0.15, 0.2) is 17.5 Å². The van der Waals surface area contributed by atoms with Crippen molar-refractivity contribution < 1.29 is 17.9 Å². The van der Waals surface area contributed by atoms with Crippen LogP contribution in [0.15, 0.2) is 48.2 Å². The van der Waals surface area contributed by atoms with Crippen molar-refractivity contribution in [1.82, 2.24) is 0 Å².